The molecule has 5 heteroatoms. The Kier molecular flexibility index (Phi) is 3.71. The first-order chi connectivity index (χ1) is 13.2. The van der Waals surface area contributed by atoms with E-state index in [1.54, 1.807) is 14.2 Å². The fourth-order valence-electron chi connectivity index (χ4n) is 4.12. The average molecular weight is 361 g/mol. The molecule has 0 spiro atoms. The lowest BCUT2D eigenvalue weighted by molar-refractivity contribution is 0.354. The van der Waals surface area contributed by atoms with E-state index in [4.69, 9.17) is 14.5 Å². The molecule has 0 radical (unpaired) electrons. The molecule has 0 N–H and O–H groups in total. The van der Waals surface area contributed by atoms with Gasteiger partial charge in [0.2, 0.25) is 0 Å². The molecule has 2 aromatic heterocycles. The van der Waals surface area contributed by atoms with Gasteiger partial charge in [0.25, 0.3) is 0 Å². The Morgan fingerprint density at radius 1 is 1.04 bits per heavy atom. The lowest BCUT2D eigenvalue weighted by Gasteiger charge is -2.22. The van der Waals surface area contributed by atoms with E-state index in [-0.39, 0.29) is 0 Å². The summed E-state index contributed by atoms with van der Waals surface area (Å²) in [6.07, 6.45) is 7.43. The van der Waals surface area contributed by atoms with Crippen LogP contribution < -0.4 is 9.47 Å². The highest BCUT2D eigenvalue weighted by molar-refractivity contribution is 5.83. The van der Waals surface area contributed by atoms with Crippen molar-refractivity contribution in [3.8, 4) is 34.0 Å². The summed E-state index contributed by atoms with van der Waals surface area (Å²) in [4.78, 5) is 9.43. The summed E-state index contributed by atoms with van der Waals surface area (Å²) in [7, 11) is 3.36. The maximum Gasteiger partial charge on any atom is 0.161 e. The summed E-state index contributed by atoms with van der Waals surface area (Å²) < 4.78 is 13.4. The fourth-order valence-corrected chi connectivity index (χ4v) is 4.12. The van der Waals surface area contributed by atoms with Crippen LogP contribution in [0.25, 0.3) is 22.5 Å². The van der Waals surface area contributed by atoms with Crippen molar-refractivity contribution in [3.63, 3.8) is 0 Å². The molecule has 3 heterocycles. The van der Waals surface area contributed by atoms with Crippen molar-refractivity contribution < 1.29 is 9.47 Å². The van der Waals surface area contributed by atoms with Gasteiger partial charge >= 0.3 is 0 Å². The molecule has 0 bridgehead atoms. The second-order valence-electron chi connectivity index (χ2n) is 7.40. The van der Waals surface area contributed by atoms with Crippen molar-refractivity contribution in [3.05, 3.63) is 47.5 Å². The normalized spacial score (nSPS) is 15.2. The van der Waals surface area contributed by atoms with Crippen LogP contribution in [0.5, 0.6) is 11.5 Å². The number of benzene rings is 1. The summed E-state index contributed by atoms with van der Waals surface area (Å²) in [5, 5.41) is 0. The third-order valence-corrected chi connectivity index (χ3v) is 5.71. The van der Waals surface area contributed by atoms with Crippen LogP contribution in [0.15, 0.2) is 30.6 Å². The smallest absolute Gasteiger partial charge is 0.161 e. The fraction of sp³-hybridized carbons (Fsp3) is 0.364. The van der Waals surface area contributed by atoms with Crippen molar-refractivity contribution in [1.82, 2.24) is 14.5 Å². The molecular formula is C22H23N3O2. The van der Waals surface area contributed by atoms with Crippen LogP contribution in [-0.2, 0) is 13.0 Å². The van der Waals surface area contributed by atoms with Crippen molar-refractivity contribution in [2.24, 2.45) is 0 Å². The number of hydrogen-bond donors (Lipinski definition) is 0. The highest BCUT2D eigenvalue weighted by Gasteiger charge is 2.28. The molecule has 0 atom stereocenters. The van der Waals surface area contributed by atoms with Gasteiger partial charge in [0.05, 0.1) is 25.6 Å². The van der Waals surface area contributed by atoms with Gasteiger partial charge in [0.15, 0.2) is 11.5 Å². The standard InChI is InChI=1S/C22H23N3O2/c1-13-24-21(17-8-16(11-23-12-17)14-4-5-14)22-18-10-20(27-3)19(26-2)9-15(18)6-7-25(13)22/h8-12,14H,4-7H2,1-3H3. The molecule has 1 aliphatic heterocycles. The summed E-state index contributed by atoms with van der Waals surface area (Å²) >= 11 is 0. The molecule has 1 fully saturated rings. The quantitative estimate of drug-likeness (QED) is 0.692. The maximum atomic E-state index is 5.56. The minimum Gasteiger partial charge on any atom is -0.493 e. The number of imidazole rings is 1. The average Bonchev–Trinajstić information content (AvgIpc) is 3.50. The topological polar surface area (TPSA) is 49.2 Å². The van der Waals surface area contributed by atoms with Gasteiger partial charge in [-0.2, -0.15) is 0 Å². The lowest BCUT2D eigenvalue weighted by atomic mass is 9.94. The van der Waals surface area contributed by atoms with Crippen LogP contribution in [0.4, 0.5) is 0 Å². The van der Waals surface area contributed by atoms with E-state index in [0.717, 1.165) is 47.2 Å². The zero-order valence-electron chi connectivity index (χ0n) is 16.0. The van der Waals surface area contributed by atoms with E-state index in [9.17, 15) is 0 Å². The first-order valence-electron chi connectivity index (χ1n) is 9.47. The van der Waals surface area contributed by atoms with Crippen LogP contribution in [-0.4, -0.2) is 28.8 Å². The Morgan fingerprint density at radius 3 is 2.56 bits per heavy atom. The molecule has 27 heavy (non-hydrogen) atoms. The number of hydrogen-bond acceptors (Lipinski definition) is 4. The predicted molar refractivity (Wildman–Crippen MR) is 104 cm³/mol. The number of aryl methyl sites for hydroxylation is 2. The van der Waals surface area contributed by atoms with Gasteiger partial charge in [-0.1, -0.05) is 0 Å². The van der Waals surface area contributed by atoms with E-state index in [1.807, 2.05) is 12.4 Å². The number of aromatic nitrogens is 3. The van der Waals surface area contributed by atoms with Gasteiger partial charge in [-0.3, -0.25) is 4.98 Å². The van der Waals surface area contributed by atoms with Crippen molar-refractivity contribution >= 4 is 0 Å². The van der Waals surface area contributed by atoms with Crippen molar-refractivity contribution in [2.45, 2.75) is 38.6 Å². The Labute approximate surface area is 159 Å². The molecule has 5 rings (SSSR count). The second-order valence-corrected chi connectivity index (χ2v) is 7.40. The van der Waals surface area contributed by atoms with E-state index in [2.05, 4.69) is 34.7 Å². The molecule has 2 aliphatic rings. The zero-order valence-corrected chi connectivity index (χ0v) is 16.0. The Bertz CT molecular complexity index is 1030. The van der Waals surface area contributed by atoms with Gasteiger partial charge in [-0.05, 0) is 61.4 Å². The first kappa shape index (κ1) is 16.4. The molecule has 1 saturated carbocycles. The van der Waals surface area contributed by atoms with E-state index >= 15 is 0 Å². The van der Waals surface area contributed by atoms with Crippen LogP contribution in [0.2, 0.25) is 0 Å². The third-order valence-electron chi connectivity index (χ3n) is 5.71. The third kappa shape index (κ3) is 2.60. The number of nitrogens with zero attached hydrogens (tertiary/aromatic N) is 3. The van der Waals surface area contributed by atoms with Gasteiger partial charge in [-0.25, -0.2) is 4.98 Å². The molecular weight excluding hydrogens is 338 g/mol. The first-order valence-corrected chi connectivity index (χ1v) is 9.47. The van der Waals surface area contributed by atoms with E-state index < -0.39 is 0 Å². The SMILES string of the molecule is COc1cc2c(cc1OC)-c1c(-c3cncc(C4CC4)c3)nc(C)n1CC2. The number of fused-ring (bicyclic) bond motifs is 3. The molecule has 3 aromatic rings. The second kappa shape index (κ2) is 6.12. The van der Waals surface area contributed by atoms with Crippen molar-refractivity contribution in [1.29, 1.82) is 0 Å². The lowest BCUT2D eigenvalue weighted by Crippen LogP contribution is -2.12. The highest BCUT2D eigenvalue weighted by atomic mass is 16.5. The number of pyridine rings is 1. The maximum absolute atomic E-state index is 5.56. The highest BCUT2D eigenvalue weighted by Crippen LogP contribution is 2.44. The van der Waals surface area contributed by atoms with Crippen LogP contribution in [0, 0.1) is 6.92 Å². The molecule has 0 saturated heterocycles. The molecule has 1 aromatic carbocycles. The summed E-state index contributed by atoms with van der Waals surface area (Å²) in [5.41, 5.74) is 7.04. The van der Waals surface area contributed by atoms with E-state index in [0.29, 0.717) is 5.92 Å². The molecule has 5 nitrogen and oxygen atoms in total. The largest absolute Gasteiger partial charge is 0.493 e. The van der Waals surface area contributed by atoms with Gasteiger partial charge in [-0.15, -0.1) is 0 Å². The van der Waals surface area contributed by atoms with E-state index in [1.165, 1.54) is 29.5 Å². The Balaban J connectivity index is 1.71. The minimum absolute atomic E-state index is 0.675. The molecule has 1 aliphatic carbocycles. The Morgan fingerprint density at radius 2 is 1.81 bits per heavy atom. The van der Waals surface area contributed by atoms with Crippen LogP contribution in [0.1, 0.15) is 35.7 Å². The monoisotopic (exact) mass is 361 g/mol. The van der Waals surface area contributed by atoms with Crippen LogP contribution in [0.3, 0.4) is 0 Å². The number of rotatable bonds is 4. The van der Waals surface area contributed by atoms with Gasteiger partial charge in [0, 0.05) is 30.1 Å². The van der Waals surface area contributed by atoms with Crippen LogP contribution >= 0.6 is 0 Å². The van der Waals surface area contributed by atoms with Gasteiger partial charge in [0.1, 0.15) is 5.82 Å². The molecule has 138 valence electrons. The van der Waals surface area contributed by atoms with Gasteiger partial charge < -0.3 is 14.0 Å². The van der Waals surface area contributed by atoms with Crippen molar-refractivity contribution in [2.75, 3.05) is 14.2 Å². The zero-order chi connectivity index (χ0) is 18.5. The summed E-state index contributed by atoms with van der Waals surface area (Å²) in [5.74, 6) is 3.24. The Hall–Kier alpha value is -2.82. The molecule has 0 amide bonds. The molecule has 0 unspecified atom stereocenters. The summed E-state index contributed by atoms with van der Waals surface area (Å²) in [6, 6.07) is 6.45. The number of methoxy groups -OCH3 is 2. The summed E-state index contributed by atoms with van der Waals surface area (Å²) in [6.45, 7) is 3.00. The minimum atomic E-state index is 0.675. The predicted octanol–water partition coefficient (Wildman–Crippen LogP) is 4.37. The number of ether oxygens (including phenoxy) is 2.